The van der Waals surface area contributed by atoms with Crippen LogP contribution in [0.2, 0.25) is 0 Å². The molecule has 3 rings (SSSR count). The Labute approximate surface area is 193 Å². The van der Waals surface area contributed by atoms with E-state index in [1.165, 1.54) is 10.9 Å². The van der Waals surface area contributed by atoms with Crippen molar-refractivity contribution in [2.24, 2.45) is 0 Å². The van der Waals surface area contributed by atoms with Crippen molar-refractivity contribution < 1.29 is 14.3 Å². The van der Waals surface area contributed by atoms with Gasteiger partial charge in [-0.25, -0.2) is 9.48 Å². The van der Waals surface area contributed by atoms with E-state index in [0.717, 1.165) is 30.9 Å². The Morgan fingerprint density at radius 2 is 1.82 bits per heavy atom. The zero-order chi connectivity index (χ0) is 23.6. The number of hydrogen-bond donors (Lipinski definition) is 1. The van der Waals surface area contributed by atoms with Crippen molar-refractivity contribution in [1.82, 2.24) is 14.7 Å². The second-order valence-electron chi connectivity index (χ2n) is 7.45. The summed E-state index contributed by atoms with van der Waals surface area (Å²) in [6.45, 7) is 6.65. The van der Waals surface area contributed by atoms with Crippen molar-refractivity contribution in [2.45, 2.75) is 20.5 Å². The quantitative estimate of drug-likeness (QED) is 0.449. The first-order valence-electron chi connectivity index (χ1n) is 11.0. The molecule has 0 bridgehead atoms. The number of aromatic nitrogens is 2. The van der Waals surface area contributed by atoms with Crippen LogP contribution in [0.3, 0.4) is 0 Å². The van der Waals surface area contributed by atoms with Gasteiger partial charge in [-0.15, -0.1) is 0 Å². The van der Waals surface area contributed by atoms with Crippen LogP contribution >= 0.6 is 0 Å². The highest BCUT2D eigenvalue weighted by atomic mass is 16.5. The predicted molar refractivity (Wildman–Crippen MR) is 128 cm³/mol. The summed E-state index contributed by atoms with van der Waals surface area (Å²) in [7, 11) is 2.05. The van der Waals surface area contributed by atoms with Gasteiger partial charge in [0.2, 0.25) is 5.69 Å². The van der Waals surface area contributed by atoms with Crippen LogP contribution in [0.5, 0.6) is 5.75 Å². The van der Waals surface area contributed by atoms with Crippen LogP contribution in [-0.4, -0.2) is 53.9 Å². The first kappa shape index (κ1) is 24.0. The van der Waals surface area contributed by atoms with Gasteiger partial charge >= 0.3 is 5.97 Å². The van der Waals surface area contributed by atoms with Crippen molar-refractivity contribution in [3.8, 4) is 11.4 Å². The maximum Gasteiger partial charge on any atom is 0.363 e. The molecule has 1 aromatic heterocycles. The van der Waals surface area contributed by atoms with E-state index in [9.17, 15) is 9.59 Å². The van der Waals surface area contributed by atoms with Crippen LogP contribution in [0.1, 0.15) is 29.9 Å². The molecule has 8 heteroatoms. The van der Waals surface area contributed by atoms with E-state index in [0.29, 0.717) is 5.69 Å². The molecule has 0 atom stereocenters. The van der Waals surface area contributed by atoms with Crippen molar-refractivity contribution >= 4 is 11.7 Å². The molecule has 0 amide bonds. The number of esters is 1. The van der Waals surface area contributed by atoms with Gasteiger partial charge in [0.15, 0.2) is 5.75 Å². The van der Waals surface area contributed by atoms with Gasteiger partial charge in [-0.1, -0.05) is 49.4 Å². The average molecular weight is 451 g/mol. The van der Waals surface area contributed by atoms with Gasteiger partial charge in [0, 0.05) is 13.1 Å². The fourth-order valence-corrected chi connectivity index (χ4v) is 3.13. The molecule has 0 unspecified atom stereocenters. The molecule has 33 heavy (non-hydrogen) atoms. The van der Waals surface area contributed by atoms with E-state index >= 15 is 0 Å². The van der Waals surface area contributed by atoms with Gasteiger partial charge in [0.1, 0.15) is 6.61 Å². The van der Waals surface area contributed by atoms with Crippen molar-refractivity contribution in [1.29, 1.82) is 0 Å². The van der Waals surface area contributed by atoms with E-state index in [1.54, 1.807) is 6.92 Å². The standard InChI is InChI=1S/C25H30N4O4/c1-4-28(3)16-15-26-20-13-9-10-14-21(20)29-17-22(33-18-19-11-7-6-8-12-19)24(30)23(27-29)25(31)32-5-2/h6-14,17,26H,4-5,15-16,18H2,1-3H3. The first-order valence-corrected chi connectivity index (χ1v) is 11.0. The van der Waals surface area contributed by atoms with Crippen molar-refractivity contribution in [3.05, 3.63) is 82.3 Å². The average Bonchev–Trinajstić information content (AvgIpc) is 2.84. The van der Waals surface area contributed by atoms with E-state index in [4.69, 9.17) is 9.47 Å². The van der Waals surface area contributed by atoms with Crippen molar-refractivity contribution in [3.63, 3.8) is 0 Å². The van der Waals surface area contributed by atoms with E-state index in [1.807, 2.05) is 54.6 Å². The molecule has 0 saturated carbocycles. The normalized spacial score (nSPS) is 10.8. The molecule has 0 saturated heterocycles. The zero-order valence-corrected chi connectivity index (χ0v) is 19.3. The third-order valence-corrected chi connectivity index (χ3v) is 5.09. The summed E-state index contributed by atoms with van der Waals surface area (Å²) < 4.78 is 12.4. The van der Waals surface area contributed by atoms with E-state index < -0.39 is 11.4 Å². The lowest BCUT2D eigenvalue weighted by Crippen LogP contribution is -2.26. The number of rotatable bonds is 11. The molecule has 174 valence electrons. The largest absolute Gasteiger partial charge is 0.483 e. The zero-order valence-electron chi connectivity index (χ0n) is 19.3. The molecule has 3 aromatic rings. The maximum absolute atomic E-state index is 12.9. The Balaban J connectivity index is 1.96. The summed E-state index contributed by atoms with van der Waals surface area (Å²) >= 11 is 0. The summed E-state index contributed by atoms with van der Waals surface area (Å²) in [4.78, 5) is 27.6. The number of carbonyl (C=O) groups excluding carboxylic acids is 1. The molecule has 2 aromatic carbocycles. The van der Waals surface area contributed by atoms with Gasteiger partial charge in [-0.3, -0.25) is 4.79 Å². The van der Waals surface area contributed by atoms with Crippen LogP contribution in [0.15, 0.2) is 65.6 Å². The number of hydrogen-bond acceptors (Lipinski definition) is 7. The Kier molecular flexibility index (Phi) is 8.60. The summed E-state index contributed by atoms with van der Waals surface area (Å²) in [5, 5.41) is 7.70. The monoisotopic (exact) mass is 450 g/mol. The molecular weight excluding hydrogens is 420 g/mol. The van der Waals surface area contributed by atoms with Crippen LogP contribution in [0.25, 0.3) is 5.69 Å². The molecule has 0 spiro atoms. The van der Waals surface area contributed by atoms with E-state index in [2.05, 4.69) is 29.3 Å². The Bertz CT molecular complexity index is 1110. The fourth-order valence-electron chi connectivity index (χ4n) is 3.13. The van der Waals surface area contributed by atoms with Crippen LogP contribution in [-0.2, 0) is 11.3 Å². The van der Waals surface area contributed by atoms with Crippen LogP contribution in [0, 0.1) is 0 Å². The Hall–Kier alpha value is -3.65. The molecular formula is C25H30N4O4. The number of para-hydroxylation sites is 2. The molecule has 1 N–H and O–H groups in total. The summed E-state index contributed by atoms with van der Waals surface area (Å²) in [5.74, 6) is -0.756. The fraction of sp³-hybridized carbons (Fsp3) is 0.320. The molecule has 1 heterocycles. The van der Waals surface area contributed by atoms with Crippen LogP contribution in [0.4, 0.5) is 5.69 Å². The highest BCUT2D eigenvalue weighted by Crippen LogP contribution is 2.21. The highest BCUT2D eigenvalue weighted by molar-refractivity contribution is 5.87. The minimum absolute atomic E-state index is 0.0254. The number of ether oxygens (including phenoxy) is 2. The maximum atomic E-state index is 12.9. The molecule has 0 fully saturated rings. The van der Waals surface area contributed by atoms with Gasteiger partial charge in [-0.2, -0.15) is 5.10 Å². The number of likely N-dealkylation sites (N-methyl/N-ethyl adjacent to an activating group) is 1. The number of nitrogens with one attached hydrogen (secondary N) is 1. The highest BCUT2D eigenvalue weighted by Gasteiger charge is 2.20. The van der Waals surface area contributed by atoms with Crippen molar-refractivity contribution in [2.75, 3.05) is 38.6 Å². The number of carbonyl (C=O) groups is 1. The second-order valence-corrected chi connectivity index (χ2v) is 7.45. The van der Waals surface area contributed by atoms with Gasteiger partial charge < -0.3 is 19.7 Å². The number of anilines is 1. The smallest absolute Gasteiger partial charge is 0.363 e. The number of nitrogens with zero attached hydrogens (tertiary/aromatic N) is 3. The molecule has 8 nitrogen and oxygen atoms in total. The SMILES string of the molecule is CCOC(=O)c1nn(-c2ccccc2NCCN(C)CC)cc(OCc2ccccc2)c1=O. The van der Waals surface area contributed by atoms with Gasteiger partial charge in [0.05, 0.1) is 24.2 Å². The van der Waals surface area contributed by atoms with Gasteiger partial charge in [0.25, 0.3) is 5.43 Å². The number of benzene rings is 2. The molecule has 0 aliphatic carbocycles. The Morgan fingerprint density at radius 3 is 2.55 bits per heavy atom. The van der Waals surface area contributed by atoms with E-state index in [-0.39, 0.29) is 24.7 Å². The lowest BCUT2D eigenvalue weighted by molar-refractivity contribution is 0.0514. The predicted octanol–water partition coefficient (Wildman–Crippen LogP) is 3.35. The van der Waals surface area contributed by atoms with Gasteiger partial charge in [-0.05, 0) is 38.2 Å². The third-order valence-electron chi connectivity index (χ3n) is 5.09. The Morgan fingerprint density at radius 1 is 1.09 bits per heavy atom. The topological polar surface area (TPSA) is 85.7 Å². The minimum Gasteiger partial charge on any atom is -0.483 e. The summed E-state index contributed by atoms with van der Waals surface area (Å²) in [6, 6.07) is 17.1. The first-order chi connectivity index (χ1) is 16.0. The molecule has 0 aliphatic heterocycles. The summed E-state index contributed by atoms with van der Waals surface area (Å²) in [6.07, 6.45) is 1.51. The second kappa shape index (κ2) is 11.8. The minimum atomic E-state index is -0.781. The third kappa shape index (κ3) is 6.43. The van der Waals surface area contributed by atoms with Crippen LogP contribution < -0.4 is 15.5 Å². The summed E-state index contributed by atoms with van der Waals surface area (Å²) in [5.41, 5.74) is 1.49. The molecule has 0 aliphatic rings. The molecule has 0 radical (unpaired) electrons. The lowest BCUT2D eigenvalue weighted by atomic mass is 10.2. The lowest BCUT2D eigenvalue weighted by Gasteiger charge is -2.18.